The number of rotatable bonds is 4. The molecule has 5 nitrogen and oxygen atoms in total. The molecular formula is C13H18N2O3. The molecule has 0 bridgehead atoms. The Balaban J connectivity index is 2.03. The Bertz CT molecular complexity index is 428. The second-order valence-corrected chi connectivity index (χ2v) is 4.96. The number of hydrogen-bond donors (Lipinski definition) is 1. The van der Waals surface area contributed by atoms with Crippen LogP contribution in [0.15, 0.2) is 24.3 Å². The molecule has 0 aliphatic carbocycles. The van der Waals surface area contributed by atoms with Crippen molar-refractivity contribution in [2.45, 2.75) is 31.8 Å². The maximum atomic E-state index is 10.9. The topological polar surface area (TPSA) is 64.4 Å². The molecule has 1 heterocycles. The van der Waals surface area contributed by atoms with Crippen LogP contribution in [0.1, 0.15) is 25.3 Å². The molecule has 0 saturated carbocycles. The molecule has 1 saturated heterocycles. The van der Waals surface area contributed by atoms with Gasteiger partial charge in [0.15, 0.2) is 0 Å². The van der Waals surface area contributed by atoms with Crippen LogP contribution in [-0.4, -0.2) is 23.7 Å². The van der Waals surface area contributed by atoms with Gasteiger partial charge in [0.25, 0.3) is 5.69 Å². The van der Waals surface area contributed by atoms with Crippen LogP contribution in [0.5, 0.6) is 0 Å². The van der Waals surface area contributed by atoms with Crippen LogP contribution in [0.2, 0.25) is 0 Å². The standard InChI is InChI=1S/C13H18N2O3/c1-13(7-4-8-18-10-13)14-9-11-5-2-3-6-12(11)15(16)17/h2-3,5-6,14H,4,7-10H2,1H3. The number of nitrogens with zero attached hydrogens (tertiary/aromatic N) is 1. The summed E-state index contributed by atoms with van der Waals surface area (Å²) in [4.78, 5) is 10.6. The number of hydrogen-bond acceptors (Lipinski definition) is 4. The average Bonchev–Trinajstić information content (AvgIpc) is 2.38. The lowest BCUT2D eigenvalue weighted by molar-refractivity contribution is -0.385. The summed E-state index contributed by atoms with van der Waals surface area (Å²) >= 11 is 0. The first-order valence-electron chi connectivity index (χ1n) is 6.16. The summed E-state index contributed by atoms with van der Waals surface area (Å²) in [6.07, 6.45) is 2.06. The Kier molecular flexibility index (Phi) is 3.93. The number of ether oxygens (including phenoxy) is 1. The van der Waals surface area contributed by atoms with E-state index in [4.69, 9.17) is 4.74 Å². The van der Waals surface area contributed by atoms with Gasteiger partial charge in [0.1, 0.15) is 0 Å². The van der Waals surface area contributed by atoms with Crippen LogP contribution in [0, 0.1) is 10.1 Å². The van der Waals surface area contributed by atoms with Gasteiger partial charge < -0.3 is 10.1 Å². The van der Waals surface area contributed by atoms with Crippen molar-refractivity contribution in [1.29, 1.82) is 0 Å². The van der Waals surface area contributed by atoms with E-state index in [9.17, 15) is 10.1 Å². The molecule has 18 heavy (non-hydrogen) atoms. The molecule has 1 aromatic carbocycles. The van der Waals surface area contributed by atoms with Gasteiger partial charge >= 0.3 is 0 Å². The number of nitro groups is 1. The lowest BCUT2D eigenvalue weighted by Crippen LogP contribution is -2.48. The van der Waals surface area contributed by atoms with E-state index in [2.05, 4.69) is 12.2 Å². The largest absolute Gasteiger partial charge is 0.380 e. The lowest BCUT2D eigenvalue weighted by Gasteiger charge is -2.34. The van der Waals surface area contributed by atoms with Crippen LogP contribution in [0.4, 0.5) is 5.69 Å². The molecule has 0 amide bonds. The van der Waals surface area contributed by atoms with E-state index in [1.807, 2.05) is 6.07 Å². The number of nitrogens with one attached hydrogen (secondary N) is 1. The van der Waals surface area contributed by atoms with E-state index in [-0.39, 0.29) is 16.1 Å². The summed E-state index contributed by atoms with van der Waals surface area (Å²) in [6, 6.07) is 6.84. The quantitative estimate of drug-likeness (QED) is 0.657. The number of benzene rings is 1. The third-order valence-electron chi connectivity index (χ3n) is 3.33. The second-order valence-electron chi connectivity index (χ2n) is 4.96. The van der Waals surface area contributed by atoms with E-state index in [0.29, 0.717) is 18.7 Å². The molecule has 1 aromatic rings. The van der Waals surface area contributed by atoms with Gasteiger partial charge in [0, 0.05) is 30.3 Å². The lowest BCUT2D eigenvalue weighted by atomic mass is 9.94. The predicted octanol–water partition coefficient (Wildman–Crippen LogP) is 2.25. The van der Waals surface area contributed by atoms with E-state index < -0.39 is 0 Å². The number of para-hydroxylation sites is 1. The van der Waals surface area contributed by atoms with Crippen LogP contribution in [0.25, 0.3) is 0 Å². The summed E-state index contributed by atoms with van der Waals surface area (Å²) in [6.45, 7) is 4.06. The zero-order valence-electron chi connectivity index (χ0n) is 10.5. The molecule has 1 N–H and O–H groups in total. The Labute approximate surface area is 106 Å². The molecule has 2 rings (SSSR count). The first kappa shape index (κ1) is 13.0. The average molecular weight is 250 g/mol. The summed E-state index contributed by atoms with van der Waals surface area (Å²) in [5.41, 5.74) is 0.807. The molecule has 0 spiro atoms. The van der Waals surface area contributed by atoms with Gasteiger partial charge in [0.2, 0.25) is 0 Å². The van der Waals surface area contributed by atoms with Crippen molar-refractivity contribution >= 4 is 5.69 Å². The van der Waals surface area contributed by atoms with Gasteiger partial charge in [-0.15, -0.1) is 0 Å². The maximum Gasteiger partial charge on any atom is 0.273 e. The van der Waals surface area contributed by atoms with Crippen molar-refractivity contribution < 1.29 is 9.66 Å². The minimum absolute atomic E-state index is 0.0814. The van der Waals surface area contributed by atoms with E-state index in [0.717, 1.165) is 19.4 Å². The predicted molar refractivity (Wildman–Crippen MR) is 68.4 cm³/mol. The second kappa shape index (κ2) is 5.46. The van der Waals surface area contributed by atoms with Gasteiger partial charge in [-0.25, -0.2) is 0 Å². The number of nitro benzene ring substituents is 1. The van der Waals surface area contributed by atoms with Crippen LogP contribution in [-0.2, 0) is 11.3 Å². The van der Waals surface area contributed by atoms with E-state index in [1.54, 1.807) is 12.1 Å². The minimum Gasteiger partial charge on any atom is -0.380 e. The fourth-order valence-electron chi connectivity index (χ4n) is 2.22. The normalized spacial score (nSPS) is 23.8. The molecule has 1 fully saturated rings. The first-order chi connectivity index (χ1) is 8.61. The van der Waals surface area contributed by atoms with Gasteiger partial charge in [-0.1, -0.05) is 18.2 Å². The highest BCUT2D eigenvalue weighted by Crippen LogP contribution is 2.22. The zero-order valence-corrected chi connectivity index (χ0v) is 10.5. The molecule has 0 radical (unpaired) electrons. The zero-order chi connectivity index (χ0) is 13.0. The third kappa shape index (κ3) is 3.05. The first-order valence-corrected chi connectivity index (χ1v) is 6.16. The van der Waals surface area contributed by atoms with Gasteiger partial charge in [-0.2, -0.15) is 0 Å². The van der Waals surface area contributed by atoms with Gasteiger partial charge in [-0.05, 0) is 19.8 Å². The van der Waals surface area contributed by atoms with Gasteiger partial charge in [0.05, 0.1) is 11.5 Å². The molecule has 5 heteroatoms. The summed E-state index contributed by atoms with van der Waals surface area (Å²) in [5, 5.41) is 14.3. The molecule has 0 aromatic heterocycles. The highest BCUT2D eigenvalue weighted by Gasteiger charge is 2.27. The van der Waals surface area contributed by atoms with Crippen molar-refractivity contribution in [2.75, 3.05) is 13.2 Å². The van der Waals surface area contributed by atoms with Crippen molar-refractivity contribution in [3.05, 3.63) is 39.9 Å². The summed E-state index contributed by atoms with van der Waals surface area (Å²) in [5.74, 6) is 0. The maximum absolute atomic E-state index is 10.9. The minimum atomic E-state index is -0.337. The van der Waals surface area contributed by atoms with Crippen molar-refractivity contribution in [1.82, 2.24) is 5.32 Å². The van der Waals surface area contributed by atoms with Crippen LogP contribution in [0.3, 0.4) is 0 Å². The smallest absolute Gasteiger partial charge is 0.273 e. The molecule has 1 atom stereocenters. The fourth-order valence-corrected chi connectivity index (χ4v) is 2.22. The molecule has 1 aliphatic heterocycles. The fraction of sp³-hybridized carbons (Fsp3) is 0.538. The van der Waals surface area contributed by atoms with Crippen molar-refractivity contribution in [3.63, 3.8) is 0 Å². The highest BCUT2D eigenvalue weighted by atomic mass is 16.6. The van der Waals surface area contributed by atoms with Crippen LogP contribution >= 0.6 is 0 Å². The molecular weight excluding hydrogens is 232 g/mol. The van der Waals surface area contributed by atoms with Crippen molar-refractivity contribution in [3.8, 4) is 0 Å². The summed E-state index contributed by atoms with van der Waals surface area (Å²) < 4.78 is 5.45. The Morgan fingerprint density at radius 1 is 1.50 bits per heavy atom. The highest BCUT2D eigenvalue weighted by molar-refractivity contribution is 5.39. The Morgan fingerprint density at radius 2 is 2.28 bits per heavy atom. The molecule has 1 unspecified atom stereocenters. The Hall–Kier alpha value is -1.46. The Morgan fingerprint density at radius 3 is 2.94 bits per heavy atom. The monoisotopic (exact) mass is 250 g/mol. The van der Waals surface area contributed by atoms with E-state index >= 15 is 0 Å². The third-order valence-corrected chi connectivity index (χ3v) is 3.33. The SMILES string of the molecule is CC1(NCc2ccccc2[N+](=O)[O-])CCCOC1. The molecule has 1 aliphatic rings. The van der Waals surface area contributed by atoms with Crippen molar-refractivity contribution in [2.24, 2.45) is 0 Å². The van der Waals surface area contributed by atoms with E-state index in [1.165, 1.54) is 6.07 Å². The van der Waals surface area contributed by atoms with Gasteiger partial charge in [-0.3, -0.25) is 10.1 Å². The van der Waals surface area contributed by atoms with Crippen LogP contribution < -0.4 is 5.32 Å². The summed E-state index contributed by atoms with van der Waals surface area (Å²) in [7, 11) is 0. The molecule has 98 valence electrons.